The summed E-state index contributed by atoms with van der Waals surface area (Å²) in [6, 6.07) is 21.4. The largest absolute Gasteiger partial charge is 0.463 e. The molecule has 2 unspecified atom stereocenters. The molecule has 140 valence electrons. The number of halogens is 3. The van der Waals surface area contributed by atoms with Crippen molar-refractivity contribution in [3.8, 4) is 5.75 Å². The third-order valence-corrected chi connectivity index (χ3v) is 5.82. The number of benzene rings is 3. The zero-order valence-electron chi connectivity index (χ0n) is 14.6. The predicted molar refractivity (Wildman–Crippen MR) is 113 cm³/mol. The van der Waals surface area contributed by atoms with Gasteiger partial charge in [0.05, 0.1) is 16.8 Å². The van der Waals surface area contributed by atoms with Gasteiger partial charge in [0.2, 0.25) is 6.23 Å². The smallest absolute Gasteiger partial charge is 0.213 e. The SMILES string of the molecule is Clc1ccc(C2=NN3C(C2)c2cc(Cl)cc(Cl)c2OC3c2ccccc2)cc1. The highest BCUT2D eigenvalue weighted by atomic mass is 35.5. The molecule has 0 saturated carbocycles. The first-order valence-corrected chi connectivity index (χ1v) is 10.1. The molecule has 3 aromatic rings. The lowest BCUT2D eigenvalue weighted by atomic mass is 9.96. The molecule has 0 spiro atoms. The average Bonchev–Trinajstić information content (AvgIpc) is 3.14. The third-order valence-electron chi connectivity index (χ3n) is 5.07. The van der Waals surface area contributed by atoms with Crippen LogP contribution in [0.15, 0.2) is 71.8 Å². The molecular weight excluding hydrogens is 415 g/mol. The van der Waals surface area contributed by atoms with Crippen LogP contribution in [-0.4, -0.2) is 10.7 Å². The molecule has 2 aliphatic heterocycles. The maximum atomic E-state index is 6.48. The zero-order valence-corrected chi connectivity index (χ0v) is 16.9. The summed E-state index contributed by atoms with van der Waals surface area (Å²) in [5.74, 6) is 0.675. The van der Waals surface area contributed by atoms with Gasteiger partial charge in [0.15, 0.2) is 0 Å². The predicted octanol–water partition coefficient (Wildman–Crippen LogP) is 6.89. The molecule has 2 aliphatic rings. The van der Waals surface area contributed by atoms with Gasteiger partial charge in [-0.15, -0.1) is 0 Å². The van der Waals surface area contributed by atoms with Crippen molar-refractivity contribution in [3.05, 3.63) is 98.5 Å². The van der Waals surface area contributed by atoms with Gasteiger partial charge in [0.1, 0.15) is 5.75 Å². The highest BCUT2D eigenvalue weighted by Gasteiger charge is 2.42. The Balaban J connectivity index is 1.63. The first-order valence-electron chi connectivity index (χ1n) is 8.92. The molecule has 0 N–H and O–H groups in total. The van der Waals surface area contributed by atoms with Crippen molar-refractivity contribution in [1.82, 2.24) is 5.01 Å². The lowest BCUT2D eigenvalue weighted by Gasteiger charge is -2.38. The number of hydrogen-bond acceptors (Lipinski definition) is 3. The van der Waals surface area contributed by atoms with E-state index in [0.29, 0.717) is 20.8 Å². The molecule has 2 atom stereocenters. The third kappa shape index (κ3) is 3.04. The fourth-order valence-electron chi connectivity index (χ4n) is 3.77. The van der Waals surface area contributed by atoms with Crippen LogP contribution in [-0.2, 0) is 0 Å². The zero-order chi connectivity index (χ0) is 19.3. The van der Waals surface area contributed by atoms with Gasteiger partial charge in [-0.25, -0.2) is 5.01 Å². The molecule has 0 fully saturated rings. The van der Waals surface area contributed by atoms with Crippen LogP contribution in [0.25, 0.3) is 0 Å². The van der Waals surface area contributed by atoms with E-state index in [-0.39, 0.29) is 12.3 Å². The standard InChI is InChI=1S/C22H15Cl3N2O/c23-15-8-6-13(7-9-15)19-12-20-17-10-16(24)11-18(25)21(17)28-22(27(20)26-19)14-4-2-1-3-5-14/h1-11,20,22H,12H2. The van der Waals surface area contributed by atoms with E-state index >= 15 is 0 Å². The number of hydrazone groups is 1. The quantitative estimate of drug-likeness (QED) is 0.443. The summed E-state index contributed by atoms with van der Waals surface area (Å²) in [6.45, 7) is 0. The summed E-state index contributed by atoms with van der Waals surface area (Å²) >= 11 is 18.8. The average molecular weight is 430 g/mol. The highest BCUT2D eigenvalue weighted by Crippen LogP contribution is 2.50. The van der Waals surface area contributed by atoms with Gasteiger partial charge in [-0.1, -0.05) is 77.3 Å². The Hall–Kier alpha value is -2.20. The van der Waals surface area contributed by atoms with Crippen molar-refractivity contribution >= 4 is 40.5 Å². The van der Waals surface area contributed by atoms with Crippen molar-refractivity contribution in [1.29, 1.82) is 0 Å². The lowest BCUT2D eigenvalue weighted by Crippen LogP contribution is -2.33. The molecule has 6 heteroatoms. The van der Waals surface area contributed by atoms with Crippen molar-refractivity contribution < 1.29 is 4.74 Å². The van der Waals surface area contributed by atoms with E-state index in [4.69, 9.17) is 44.6 Å². The Morgan fingerprint density at radius 1 is 0.893 bits per heavy atom. The molecule has 0 radical (unpaired) electrons. The van der Waals surface area contributed by atoms with E-state index < -0.39 is 0 Å². The van der Waals surface area contributed by atoms with Crippen molar-refractivity contribution in [2.75, 3.05) is 0 Å². The Morgan fingerprint density at radius 2 is 1.64 bits per heavy atom. The Labute approximate surface area is 178 Å². The molecule has 2 heterocycles. The van der Waals surface area contributed by atoms with Crippen molar-refractivity contribution in [2.24, 2.45) is 5.10 Å². The number of hydrogen-bond donors (Lipinski definition) is 0. The summed E-state index contributed by atoms with van der Waals surface area (Å²) in [4.78, 5) is 0. The Bertz CT molecular complexity index is 1070. The summed E-state index contributed by atoms with van der Waals surface area (Å²) in [6.07, 6.45) is 0.375. The Kier molecular flexibility index (Phi) is 4.47. The maximum absolute atomic E-state index is 6.48. The minimum atomic E-state index is -0.359. The number of ether oxygens (including phenoxy) is 1. The maximum Gasteiger partial charge on any atom is 0.213 e. The first kappa shape index (κ1) is 17.9. The van der Waals surface area contributed by atoms with Crippen LogP contribution < -0.4 is 4.74 Å². The van der Waals surface area contributed by atoms with Gasteiger partial charge in [0, 0.05) is 27.6 Å². The summed E-state index contributed by atoms with van der Waals surface area (Å²) < 4.78 is 6.33. The van der Waals surface area contributed by atoms with Gasteiger partial charge in [-0.3, -0.25) is 0 Å². The molecule has 0 bridgehead atoms. The summed E-state index contributed by atoms with van der Waals surface area (Å²) in [5, 5.41) is 8.74. The Morgan fingerprint density at radius 3 is 2.39 bits per heavy atom. The minimum absolute atomic E-state index is 0.00386. The fourth-order valence-corrected chi connectivity index (χ4v) is 4.45. The number of rotatable bonds is 2. The second kappa shape index (κ2) is 7.00. The molecule has 3 aromatic carbocycles. The molecule has 0 amide bonds. The van der Waals surface area contributed by atoms with Gasteiger partial charge in [-0.2, -0.15) is 5.10 Å². The van der Waals surface area contributed by atoms with E-state index in [1.165, 1.54) is 0 Å². The van der Waals surface area contributed by atoms with Crippen LogP contribution in [0.4, 0.5) is 0 Å². The van der Waals surface area contributed by atoms with Crippen LogP contribution >= 0.6 is 34.8 Å². The van der Waals surface area contributed by atoms with Crippen LogP contribution in [0.1, 0.15) is 35.4 Å². The summed E-state index contributed by atoms with van der Waals surface area (Å²) in [7, 11) is 0. The van der Waals surface area contributed by atoms with Gasteiger partial charge in [0.25, 0.3) is 0 Å². The van der Waals surface area contributed by atoms with E-state index in [2.05, 4.69) is 0 Å². The molecule has 28 heavy (non-hydrogen) atoms. The second-order valence-electron chi connectivity index (χ2n) is 6.84. The minimum Gasteiger partial charge on any atom is -0.463 e. The highest BCUT2D eigenvalue weighted by molar-refractivity contribution is 6.35. The van der Waals surface area contributed by atoms with E-state index in [1.54, 1.807) is 6.07 Å². The molecule has 0 saturated heterocycles. The molecule has 0 aliphatic carbocycles. The molecule has 3 nitrogen and oxygen atoms in total. The summed E-state index contributed by atoms with van der Waals surface area (Å²) in [5.41, 5.74) is 4.00. The first-order chi connectivity index (χ1) is 13.6. The van der Waals surface area contributed by atoms with Crippen LogP contribution in [0.2, 0.25) is 15.1 Å². The molecule has 5 rings (SSSR count). The van der Waals surface area contributed by atoms with Crippen molar-refractivity contribution in [3.63, 3.8) is 0 Å². The van der Waals surface area contributed by atoms with Crippen molar-refractivity contribution in [2.45, 2.75) is 18.7 Å². The van der Waals surface area contributed by atoms with E-state index in [9.17, 15) is 0 Å². The van der Waals surface area contributed by atoms with Gasteiger partial charge < -0.3 is 4.74 Å². The molecule has 0 aromatic heterocycles. The number of fused-ring (bicyclic) bond motifs is 3. The van der Waals surface area contributed by atoms with Gasteiger partial charge in [-0.05, 0) is 29.8 Å². The monoisotopic (exact) mass is 428 g/mol. The van der Waals surface area contributed by atoms with E-state index in [0.717, 1.165) is 28.8 Å². The van der Waals surface area contributed by atoms with Crippen LogP contribution in [0, 0.1) is 0 Å². The van der Waals surface area contributed by atoms with Gasteiger partial charge >= 0.3 is 0 Å². The fraction of sp³-hybridized carbons (Fsp3) is 0.136. The second-order valence-corrected chi connectivity index (χ2v) is 8.12. The van der Waals surface area contributed by atoms with Crippen LogP contribution in [0.3, 0.4) is 0 Å². The topological polar surface area (TPSA) is 24.8 Å². The molecular formula is C22H15Cl3N2O. The van der Waals surface area contributed by atoms with Crippen LogP contribution in [0.5, 0.6) is 5.75 Å². The normalized spacial score (nSPS) is 20.2. The van der Waals surface area contributed by atoms with E-state index in [1.807, 2.05) is 65.7 Å². The number of nitrogens with zero attached hydrogens (tertiary/aromatic N) is 2. The lowest BCUT2D eigenvalue weighted by molar-refractivity contribution is -0.0189.